The van der Waals surface area contributed by atoms with Crippen molar-refractivity contribution in [2.45, 2.75) is 18.9 Å². The second kappa shape index (κ2) is 10.0. The molecule has 1 saturated heterocycles. The summed E-state index contributed by atoms with van der Waals surface area (Å²) in [7, 11) is 0. The molecule has 0 unspecified atom stereocenters. The molecular weight excluding hydrogens is 438 g/mol. The van der Waals surface area contributed by atoms with E-state index in [0.717, 1.165) is 36.1 Å². The smallest absolute Gasteiger partial charge is 0.250 e. The fourth-order valence-corrected chi connectivity index (χ4v) is 4.45. The van der Waals surface area contributed by atoms with Crippen molar-refractivity contribution < 1.29 is 9.59 Å². The maximum atomic E-state index is 12.8. The number of nitrogens with two attached hydrogens (primary N) is 1. The Morgan fingerprint density at radius 2 is 1.77 bits per heavy atom. The van der Waals surface area contributed by atoms with Crippen LogP contribution in [0, 0.1) is 0 Å². The van der Waals surface area contributed by atoms with Crippen LogP contribution in [-0.4, -0.2) is 46.2 Å². The summed E-state index contributed by atoms with van der Waals surface area (Å²) in [6.45, 7) is 2.92. The van der Waals surface area contributed by atoms with Crippen LogP contribution in [0.15, 0.2) is 79.1 Å². The number of para-hydroxylation sites is 1. The van der Waals surface area contributed by atoms with Crippen molar-refractivity contribution in [3.05, 3.63) is 101 Å². The molecule has 0 spiro atoms. The molecule has 3 aromatic carbocycles. The first-order valence-electron chi connectivity index (χ1n) is 11.8. The van der Waals surface area contributed by atoms with Gasteiger partial charge in [0.15, 0.2) is 5.78 Å². The summed E-state index contributed by atoms with van der Waals surface area (Å²) in [4.78, 5) is 35.9. The average molecular weight is 466 g/mol. The van der Waals surface area contributed by atoms with E-state index in [1.54, 1.807) is 12.1 Å². The second-order valence-electron chi connectivity index (χ2n) is 8.85. The Hall–Kier alpha value is -4.10. The number of Topliss-reactive ketones (excluding diaryl/α,β-unsaturated/α-hetero) is 1. The minimum absolute atomic E-state index is 0.0580. The number of hydrogen-bond acceptors (Lipinski definition) is 6. The lowest BCUT2D eigenvalue weighted by Crippen LogP contribution is -2.41. The van der Waals surface area contributed by atoms with Gasteiger partial charge < -0.3 is 16.0 Å². The molecule has 5 rings (SSSR count). The fraction of sp³-hybridized carbons (Fsp3) is 0.214. The molecule has 4 aromatic rings. The van der Waals surface area contributed by atoms with Crippen LogP contribution in [0.3, 0.4) is 0 Å². The van der Waals surface area contributed by atoms with Crippen LogP contribution in [0.2, 0.25) is 0 Å². The number of amides is 1. The molecule has 35 heavy (non-hydrogen) atoms. The van der Waals surface area contributed by atoms with E-state index in [-0.39, 0.29) is 11.8 Å². The van der Waals surface area contributed by atoms with E-state index in [2.05, 4.69) is 32.3 Å². The molecule has 2 heterocycles. The van der Waals surface area contributed by atoms with Gasteiger partial charge in [-0.05, 0) is 42.8 Å². The van der Waals surface area contributed by atoms with Crippen LogP contribution in [0.5, 0.6) is 0 Å². The topological polar surface area (TPSA) is 101 Å². The number of fused-ring (bicyclic) bond motifs is 1. The van der Waals surface area contributed by atoms with E-state index >= 15 is 0 Å². The molecule has 1 aliphatic heterocycles. The Morgan fingerprint density at radius 1 is 0.971 bits per heavy atom. The number of ketones is 1. The predicted molar refractivity (Wildman–Crippen MR) is 136 cm³/mol. The number of nitrogens with one attached hydrogen (secondary N) is 1. The highest BCUT2D eigenvalue weighted by Gasteiger charge is 2.22. The molecule has 1 aromatic heterocycles. The zero-order chi connectivity index (χ0) is 24.2. The van der Waals surface area contributed by atoms with Crippen LogP contribution in [0.25, 0.3) is 10.9 Å². The Bertz CT molecular complexity index is 1370. The van der Waals surface area contributed by atoms with Gasteiger partial charge in [0.05, 0.1) is 17.1 Å². The first-order chi connectivity index (χ1) is 17.1. The summed E-state index contributed by atoms with van der Waals surface area (Å²) < 4.78 is 0. The highest BCUT2D eigenvalue weighted by atomic mass is 16.1. The van der Waals surface area contributed by atoms with Gasteiger partial charge in [-0.15, -0.1) is 0 Å². The summed E-state index contributed by atoms with van der Waals surface area (Å²) in [6.07, 6.45) is 2.98. The van der Waals surface area contributed by atoms with E-state index in [1.807, 2.05) is 48.5 Å². The number of aromatic nitrogens is 2. The number of hydrogen-bond donors (Lipinski definition) is 2. The van der Waals surface area contributed by atoms with Crippen molar-refractivity contribution in [2.75, 3.05) is 25.0 Å². The maximum Gasteiger partial charge on any atom is 0.250 e. The van der Waals surface area contributed by atoms with Crippen molar-refractivity contribution in [3.8, 4) is 0 Å². The Balaban J connectivity index is 1.45. The summed E-state index contributed by atoms with van der Waals surface area (Å²) >= 11 is 0. The molecule has 0 bridgehead atoms. The van der Waals surface area contributed by atoms with Crippen LogP contribution in [-0.2, 0) is 6.42 Å². The van der Waals surface area contributed by atoms with Gasteiger partial charge in [0.25, 0.3) is 5.91 Å². The lowest BCUT2D eigenvalue weighted by Gasteiger charge is -2.35. The van der Waals surface area contributed by atoms with Crippen molar-refractivity contribution >= 4 is 28.4 Å². The molecule has 0 saturated carbocycles. The first kappa shape index (κ1) is 22.7. The average Bonchev–Trinajstić information content (AvgIpc) is 2.85. The molecule has 1 amide bonds. The monoisotopic (exact) mass is 465 g/mol. The quantitative estimate of drug-likeness (QED) is 0.362. The standard InChI is InChI=1S/C28H27N5O2/c29-27(35)22-11-5-12-23-26(22)30-18-31-28(23)32-24(17-33-13-6-14-33)21-10-4-7-19(15-21)16-25(34)20-8-2-1-3-9-20/h1-5,7-12,15,18,24H,6,13-14,16-17H2,(H2,29,35)(H,30,31,32)/t24-/m1/s1. The Kier molecular flexibility index (Phi) is 6.50. The molecule has 7 nitrogen and oxygen atoms in total. The summed E-state index contributed by atoms with van der Waals surface area (Å²) in [5, 5.41) is 4.33. The molecule has 1 fully saturated rings. The van der Waals surface area contributed by atoms with E-state index in [0.29, 0.717) is 28.9 Å². The Morgan fingerprint density at radius 3 is 2.51 bits per heavy atom. The number of nitrogens with zero attached hydrogens (tertiary/aromatic N) is 3. The van der Waals surface area contributed by atoms with Crippen molar-refractivity contribution in [3.63, 3.8) is 0 Å². The first-order valence-corrected chi connectivity index (χ1v) is 11.8. The molecule has 176 valence electrons. The second-order valence-corrected chi connectivity index (χ2v) is 8.85. The van der Waals surface area contributed by atoms with Gasteiger partial charge in [0.2, 0.25) is 0 Å². The molecule has 7 heteroatoms. The molecule has 1 aliphatic rings. The minimum Gasteiger partial charge on any atom is -0.366 e. The lowest BCUT2D eigenvalue weighted by atomic mass is 9.97. The van der Waals surface area contributed by atoms with Gasteiger partial charge in [-0.2, -0.15) is 0 Å². The van der Waals surface area contributed by atoms with Gasteiger partial charge in [-0.3, -0.25) is 9.59 Å². The number of primary amides is 1. The predicted octanol–water partition coefficient (Wildman–Crippen LogP) is 4.01. The van der Waals surface area contributed by atoms with Crippen LogP contribution < -0.4 is 11.1 Å². The number of likely N-dealkylation sites (tertiary alicyclic amines) is 1. The fourth-order valence-electron chi connectivity index (χ4n) is 4.45. The van der Waals surface area contributed by atoms with Crippen LogP contribution in [0.4, 0.5) is 5.82 Å². The van der Waals surface area contributed by atoms with Crippen molar-refractivity contribution in [1.82, 2.24) is 14.9 Å². The zero-order valence-electron chi connectivity index (χ0n) is 19.4. The Labute approximate surface area is 204 Å². The third-order valence-corrected chi connectivity index (χ3v) is 6.44. The summed E-state index contributed by atoms with van der Waals surface area (Å²) in [5.41, 5.74) is 9.22. The molecular formula is C28H27N5O2. The van der Waals surface area contributed by atoms with Gasteiger partial charge >= 0.3 is 0 Å². The SMILES string of the molecule is NC(=O)c1cccc2c(N[C@H](CN3CCC3)c3cccc(CC(=O)c4ccccc4)c3)ncnc12. The molecule has 3 N–H and O–H groups in total. The number of carbonyl (C=O) groups is 2. The van der Waals surface area contributed by atoms with Gasteiger partial charge in [-0.25, -0.2) is 9.97 Å². The summed E-state index contributed by atoms with van der Waals surface area (Å²) in [6, 6.07) is 22.8. The largest absolute Gasteiger partial charge is 0.366 e. The van der Waals surface area contributed by atoms with Crippen molar-refractivity contribution in [1.29, 1.82) is 0 Å². The third-order valence-electron chi connectivity index (χ3n) is 6.44. The number of benzene rings is 3. The summed E-state index contributed by atoms with van der Waals surface area (Å²) in [5.74, 6) is 0.221. The molecule has 0 radical (unpaired) electrons. The number of anilines is 1. The zero-order valence-corrected chi connectivity index (χ0v) is 19.4. The minimum atomic E-state index is -0.520. The van der Waals surface area contributed by atoms with E-state index in [9.17, 15) is 9.59 Å². The molecule has 1 atom stereocenters. The van der Waals surface area contributed by atoms with Gasteiger partial charge in [-0.1, -0.05) is 60.7 Å². The van der Waals surface area contributed by atoms with Crippen molar-refractivity contribution in [2.24, 2.45) is 5.73 Å². The maximum absolute atomic E-state index is 12.8. The van der Waals surface area contributed by atoms with E-state index < -0.39 is 5.91 Å². The highest BCUT2D eigenvalue weighted by Crippen LogP contribution is 2.28. The number of carbonyl (C=O) groups excluding carboxylic acids is 2. The van der Waals surface area contributed by atoms with Crippen LogP contribution in [0.1, 0.15) is 44.3 Å². The molecule has 0 aliphatic carbocycles. The number of rotatable bonds is 9. The van der Waals surface area contributed by atoms with Crippen LogP contribution >= 0.6 is 0 Å². The normalized spacial score (nSPS) is 14.3. The van der Waals surface area contributed by atoms with E-state index in [1.165, 1.54) is 12.7 Å². The lowest BCUT2D eigenvalue weighted by molar-refractivity contribution is 0.0988. The highest BCUT2D eigenvalue weighted by molar-refractivity contribution is 6.06. The van der Waals surface area contributed by atoms with E-state index in [4.69, 9.17) is 5.73 Å². The third kappa shape index (κ3) is 5.05. The van der Waals surface area contributed by atoms with Gasteiger partial charge in [0, 0.05) is 23.9 Å². The van der Waals surface area contributed by atoms with Gasteiger partial charge in [0.1, 0.15) is 12.1 Å².